The summed E-state index contributed by atoms with van der Waals surface area (Å²) in [5.41, 5.74) is 9.56. The molecule has 1 aliphatic carbocycles. The molecule has 0 saturated heterocycles. The van der Waals surface area contributed by atoms with Crippen molar-refractivity contribution < 1.29 is 0 Å². The maximum atomic E-state index is 3.99. The summed E-state index contributed by atoms with van der Waals surface area (Å²) in [5.74, 6) is 0. The second kappa shape index (κ2) is 27.1. The molecule has 0 unspecified atom stereocenters. The van der Waals surface area contributed by atoms with E-state index < -0.39 is 0 Å². The second-order valence-corrected chi connectivity index (χ2v) is 13.5. The van der Waals surface area contributed by atoms with Crippen molar-refractivity contribution in [2.24, 2.45) is 0 Å². The molecule has 4 aromatic rings. The molecule has 0 radical (unpaired) electrons. The van der Waals surface area contributed by atoms with E-state index in [4.69, 9.17) is 0 Å². The zero-order valence-electron chi connectivity index (χ0n) is 36.2. The molecular formula is C57H64N2. The van der Waals surface area contributed by atoms with Gasteiger partial charge < -0.3 is 10.2 Å². The normalized spacial score (nSPS) is 14.1. The number of para-hydroxylation sites is 1. The maximum absolute atomic E-state index is 3.99. The molecule has 2 nitrogen and oxygen atoms in total. The van der Waals surface area contributed by atoms with Crippen LogP contribution >= 0.6 is 0 Å². The summed E-state index contributed by atoms with van der Waals surface area (Å²) in [5, 5.41) is 8.46. The predicted molar refractivity (Wildman–Crippen MR) is 266 cm³/mol. The van der Waals surface area contributed by atoms with Crippen molar-refractivity contribution in [3.63, 3.8) is 0 Å². The average Bonchev–Trinajstić information content (AvgIpc) is 3.28. The van der Waals surface area contributed by atoms with Crippen LogP contribution in [0.2, 0.25) is 0 Å². The highest BCUT2D eigenvalue weighted by Crippen LogP contribution is 2.38. The van der Waals surface area contributed by atoms with E-state index in [-0.39, 0.29) is 0 Å². The van der Waals surface area contributed by atoms with Crippen molar-refractivity contribution in [3.8, 4) is 0 Å². The summed E-state index contributed by atoms with van der Waals surface area (Å²) >= 11 is 0. The fourth-order valence-electron chi connectivity index (χ4n) is 6.85. The zero-order valence-corrected chi connectivity index (χ0v) is 36.2. The van der Waals surface area contributed by atoms with Crippen LogP contribution in [0.3, 0.4) is 0 Å². The van der Waals surface area contributed by atoms with Crippen molar-refractivity contribution in [2.45, 2.75) is 60.8 Å². The molecule has 0 aromatic heterocycles. The van der Waals surface area contributed by atoms with E-state index >= 15 is 0 Å². The number of allylic oxidation sites excluding steroid dienone is 23. The lowest BCUT2D eigenvalue weighted by Gasteiger charge is -2.27. The Morgan fingerprint density at radius 3 is 1.85 bits per heavy atom. The number of fused-ring (bicyclic) bond motifs is 2. The topological polar surface area (TPSA) is 15.3 Å². The van der Waals surface area contributed by atoms with E-state index in [1.54, 1.807) is 0 Å². The Hall–Kier alpha value is -6.64. The number of rotatable bonds is 15. The van der Waals surface area contributed by atoms with Crippen LogP contribution in [0, 0.1) is 0 Å². The minimum absolute atomic E-state index is 0.808. The molecule has 1 aliphatic rings. The first-order valence-corrected chi connectivity index (χ1v) is 20.6. The Kier molecular flexibility index (Phi) is 21.4. The van der Waals surface area contributed by atoms with Gasteiger partial charge in [-0.3, -0.25) is 0 Å². The van der Waals surface area contributed by atoms with E-state index in [1.165, 1.54) is 49.6 Å². The molecule has 0 bridgehead atoms. The minimum atomic E-state index is 0.808. The number of hydrogen-bond donors (Lipinski definition) is 1. The number of hydrogen-bond acceptors (Lipinski definition) is 2. The molecule has 0 fully saturated rings. The van der Waals surface area contributed by atoms with Crippen LogP contribution < -0.4 is 10.2 Å². The average molecular weight is 777 g/mol. The van der Waals surface area contributed by atoms with Crippen LogP contribution in [0.4, 0.5) is 5.69 Å². The Morgan fingerprint density at radius 1 is 0.661 bits per heavy atom. The molecule has 0 saturated carbocycles. The molecule has 5 rings (SSSR count). The van der Waals surface area contributed by atoms with E-state index in [1.807, 2.05) is 44.2 Å². The largest absolute Gasteiger partial charge is 0.362 e. The molecule has 2 heteroatoms. The molecule has 4 aromatic carbocycles. The lowest BCUT2D eigenvalue weighted by atomic mass is 9.87. The van der Waals surface area contributed by atoms with Gasteiger partial charge in [0.1, 0.15) is 0 Å². The van der Waals surface area contributed by atoms with Crippen LogP contribution in [0.15, 0.2) is 243 Å². The van der Waals surface area contributed by atoms with Crippen LogP contribution in [0.5, 0.6) is 0 Å². The van der Waals surface area contributed by atoms with E-state index in [0.29, 0.717) is 0 Å². The first-order valence-electron chi connectivity index (χ1n) is 20.6. The van der Waals surface area contributed by atoms with Crippen molar-refractivity contribution in [1.29, 1.82) is 0 Å². The monoisotopic (exact) mass is 777 g/mol. The molecule has 1 N–H and O–H groups in total. The van der Waals surface area contributed by atoms with Gasteiger partial charge in [-0.25, -0.2) is 0 Å². The standard InChI is InChI=1S/C41H41N.C14H19N.C2H4/c1-6-11-23-34(22-9-4)42(35-24-13-12-14-25-35)33(10-5)26-19-31-36-37-27-15-17-29-39(37)41(32(20-7-2)21-8-3)40-30-18-16-28-38(36)40;1-3-4-5-7-10-13(2)15-14-11-8-6-9-12-14;1-2/h6-30H,2,31H2,1,3-5H3;3-8,10-11,15H,9,12H2,1-2H3;1-2H2/b11-6-,21-8-,22-9-,26-19-,32-20+,33-10+,34-23+;4-3-,7-5-,13-10+;. The first-order chi connectivity index (χ1) is 29.0. The summed E-state index contributed by atoms with van der Waals surface area (Å²) in [4.78, 5) is 2.30. The Bertz CT molecular complexity index is 2270. The van der Waals surface area contributed by atoms with Crippen molar-refractivity contribution in [3.05, 3.63) is 254 Å². The number of nitrogens with zero attached hydrogens (tertiary/aromatic N) is 1. The van der Waals surface area contributed by atoms with E-state index in [0.717, 1.165) is 36.3 Å². The minimum Gasteiger partial charge on any atom is -0.362 e. The summed E-state index contributed by atoms with van der Waals surface area (Å²) in [6.45, 7) is 22.4. The Labute approximate surface area is 356 Å². The quantitative estimate of drug-likeness (QED) is 0.0735. The Balaban J connectivity index is 0.000000458. The Morgan fingerprint density at radius 2 is 1.29 bits per heavy atom. The van der Waals surface area contributed by atoms with Crippen molar-refractivity contribution >= 4 is 32.8 Å². The molecular weight excluding hydrogens is 713 g/mol. The summed E-state index contributed by atoms with van der Waals surface area (Å²) < 4.78 is 0. The lowest BCUT2D eigenvalue weighted by molar-refractivity contribution is 0.837. The highest BCUT2D eigenvalue weighted by Gasteiger charge is 2.16. The van der Waals surface area contributed by atoms with Gasteiger partial charge in [0.05, 0.1) is 0 Å². The third-order valence-corrected chi connectivity index (χ3v) is 9.34. The number of anilines is 1. The summed E-state index contributed by atoms with van der Waals surface area (Å²) in [7, 11) is 0. The highest BCUT2D eigenvalue weighted by atomic mass is 15.1. The predicted octanol–water partition coefficient (Wildman–Crippen LogP) is 16.3. The highest BCUT2D eigenvalue weighted by molar-refractivity contribution is 6.13. The molecule has 302 valence electrons. The smallest absolute Gasteiger partial charge is 0.0461 e. The van der Waals surface area contributed by atoms with Gasteiger partial charge in [-0.2, -0.15) is 0 Å². The number of benzene rings is 4. The van der Waals surface area contributed by atoms with Gasteiger partial charge in [-0.15, -0.1) is 13.2 Å². The maximum Gasteiger partial charge on any atom is 0.0461 e. The molecule has 0 spiro atoms. The van der Waals surface area contributed by atoms with E-state index in [9.17, 15) is 0 Å². The molecule has 0 atom stereocenters. The van der Waals surface area contributed by atoms with Gasteiger partial charge in [0.15, 0.2) is 0 Å². The van der Waals surface area contributed by atoms with Crippen molar-refractivity contribution in [1.82, 2.24) is 5.32 Å². The fraction of sp³-hybridized carbons (Fsp3) is 0.158. The third-order valence-electron chi connectivity index (χ3n) is 9.34. The summed E-state index contributed by atoms with van der Waals surface area (Å²) in [6, 6.07) is 28.1. The fourth-order valence-corrected chi connectivity index (χ4v) is 6.85. The van der Waals surface area contributed by atoms with Crippen LogP contribution in [0.1, 0.15) is 65.5 Å². The van der Waals surface area contributed by atoms with Gasteiger partial charge in [0, 0.05) is 28.5 Å². The van der Waals surface area contributed by atoms with Gasteiger partial charge in [0.2, 0.25) is 0 Å². The molecule has 0 heterocycles. The molecule has 0 amide bonds. The SMILES string of the molecule is C=C.C=C/C=C(\C=C/C)c1c2ccccc2c(C/C=C\C(=C/C)N(C(/C=C\C)=C/C=C\C)c2ccccc2)c2ccccc12.C\C=C/C=C\C=C(/C)NC1=CC=CCC1. The van der Waals surface area contributed by atoms with Gasteiger partial charge >= 0.3 is 0 Å². The van der Waals surface area contributed by atoms with Crippen LogP contribution in [-0.2, 0) is 6.42 Å². The van der Waals surface area contributed by atoms with Gasteiger partial charge in [-0.1, -0.05) is 164 Å². The van der Waals surface area contributed by atoms with Gasteiger partial charge in [0.25, 0.3) is 0 Å². The zero-order chi connectivity index (χ0) is 42.7. The number of nitrogens with one attached hydrogen (secondary N) is 1. The molecule has 0 aliphatic heterocycles. The van der Waals surface area contributed by atoms with Gasteiger partial charge in [-0.05, 0) is 142 Å². The van der Waals surface area contributed by atoms with Crippen molar-refractivity contribution in [2.75, 3.05) is 4.90 Å². The second-order valence-electron chi connectivity index (χ2n) is 13.5. The molecule has 59 heavy (non-hydrogen) atoms. The lowest BCUT2D eigenvalue weighted by Crippen LogP contribution is -2.19. The van der Waals surface area contributed by atoms with Crippen LogP contribution in [-0.4, -0.2) is 0 Å². The van der Waals surface area contributed by atoms with Crippen LogP contribution in [0.25, 0.3) is 27.1 Å². The first kappa shape index (κ1) is 46.7. The summed E-state index contributed by atoms with van der Waals surface area (Å²) in [6.07, 6.45) is 45.2. The third kappa shape index (κ3) is 14.1. The van der Waals surface area contributed by atoms with E-state index in [2.05, 4.69) is 228 Å².